The fourth-order valence-electron chi connectivity index (χ4n) is 1.55. The molecule has 0 N–H and O–H groups in total. The minimum Gasteiger partial charge on any atom is -0.295 e. The monoisotopic (exact) mass is 221 g/mol. The van der Waals surface area contributed by atoms with Crippen molar-refractivity contribution in [2.75, 3.05) is 18.8 Å². The maximum atomic E-state index is 11.5. The molecule has 13 heavy (non-hydrogen) atoms. The predicted octanol–water partition coefficient (Wildman–Crippen LogP) is 1.58. The molecule has 0 saturated carbocycles. The van der Waals surface area contributed by atoms with Crippen LogP contribution in [0.2, 0.25) is 0 Å². The smallest absolute Gasteiger partial charge is 0.0473 e. The summed E-state index contributed by atoms with van der Waals surface area (Å²) in [6.45, 7) is 5.96. The van der Waals surface area contributed by atoms with Crippen LogP contribution in [0.25, 0.3) is 0 Å². The molecule has 1 fully saturated rings. The highest BCUT2D eigenvalue weighted by Crippen LogP contribution is 2.15. The van der Waals surface area contributed by atoms with E-state index < -0.39 is 10.8 Å². The third-order valence-corrected chi connectivity index (χ3v) is 4.67. The summed E-state index contributed by atoms with van der Waals surface area (Å²) in [5.41, 5.74) is 1.54. The minimum atomic E-state index is -0.640. The Balaban J connectivity index is 2.53. The van der Waals surface area contributed by atoms with Gasteiger partial charge in [-0.15, -0.1) is 0 Å². The highest BCUT2D eigenvalue weighted by atomic mass is 35.5. The molecule has 0 aromatic heterocycles. The van der Waals surface area contributed by atoms with Crippen molar-refractivity contribution in [1.29, 1.82) is 0 Å². The minimum absolute atomic E-state index is 0.275. The number of hydrogen-bond acceptors (Lipinski definition) is 2. The summed E-state index contributed by atoms with van der Waals surface area (Å²) in [5, 5.41) is 0.275. The first-order valence-corrected chi connectivity index (χ1v) is 6.35. The summed E-state index contributed by atoms with van der Waals surface area (Å²) >= 11 is 5.47. The van der Waals surface area contributed by atoms with E-state index >= 15 is 0 Å². The molecule has 3 unspecified atom stereocenters. The quantitative estimate of drug-likeness (QED) is 0.706. The molecule has 76 valence electrons. The van der Waals surface area contributed by atoms with Crippen LogP contribution in [0, 0.1) is 0 Å². The lowest BCUT2D eigenvalue weighted by Crippen LogP contribution is -2.49. The molecule has 4 heteroatoms. The lowest BCUT2D eigenvalue weighted by molar-refractivity contribution is 0.232. The second-order valence-corrected chi connectivity index (χ2v) is 5.55. The van der Waals surface area contributed by atoms with E-state index in [1.54, 1.807) is 5.54 Å². The molecule has 0 spiro atoms. The zero-order valence-corrected chi connectivity index (χ0v) is 9.64. The summed E-state index contributed by atoms with van der Waals surface area (Å²) in [5.74, 6) is 0.793. The van der Waals surface area contributed by atoms with Gasteiger partial charge >= 0.3 is 0 Å². The van der Waals surface area contributed by atoms with Gasteiger partial charge in [-0.1, -0.05) is 17.7 Å². The van der Waals surface area contributed by atoms with Crippen LogP contribution >= 0.6 is 11.6 Å². The van der Waals surface area contributed by atoms with Gasteiger partial charge in [0.15, 0.2) is 0 Å². The summed E-state index contributed by atoms with van der Waals surface area (Å²) in [7, 11) is -0.640. The Kier molecular flexibility index (Phi) is 4.42. The van der Waals surface area contributed by atoms with E-state index in [1.807, 2.05) is 6.08 Å². The first-order valence-electron chi connectivity index (χ1n) is 4.53. The van der Waals surface area contributed by atoms with Crippen molar-refractivity contribution < 1.29 is 4.21 Å². The van der Waals surface area contributed by atoms with E-state index in [-0.39, 0.29) is 5.25 Å². The van der Waals surface area contributed by atoms with Crippen molar-refractivity contribution in [2.45, 2.75) is 25.1 Å². The van der Waals surface area contributed by atoms with Crippen LogP contribution in [0.15, 0.2) is 11.6 Å². The van der Waals surface area contributed by atoms with Gasteiger partial charge < -0.3 is 0 Å². The molecule has 0 amide bonds. The van der Waals surface area contributed by atoms with Crippen molar-refractivity contribution in [2.24, 2.45) is 0 Å². The Morgan fingerprint density at radius 2 is 2.31 bits per heavy atom. The van der Waals surface area contributed by atoms with E-state index in [1.165, 1.54) is 0 Å². The molecule has 3 atom stereocenters. The van der Waals surface area contributed by atoms with Crippen LogP contribution < -0.4 is 0 Å². The fourth-order valence-corrected chi connectivity index (χ4v) is 3.02. The predicted molar refractivity (Wildman–Crippen MR) is 58.5 cm³/mol. The lowest BCUT2D eigenvalue weighted by Gasteiger charge is -2.36. The Bertz CT molecular complexity index is 220. The van der Waals surface area contributed by atoms with Gasteiger partial charge in [0.1, 0.15) is 0 Å². The van der Waals surface area contributed by atoms with Crippen molar-refractivity contribution >= 4 is 22.4 Å². The number of halogens is 1. The second-order valence-electron chi connectivity index (χ2n) is 3.39. The summed E-state index contributed by atoms with van der Waals surface area (Å²) in [6, 6.07) is 0.391. The molecular formula is C9H16ClNOS. The molecule has 1 heterocycles. The number of hydrogen-bond donors (Lipinski definition) is 0. The van der Waals surface area contributed by atoms with Gasteiger partial charge in [-0.2, -0.15) is 0 Å². The topological polar surface area (TPSA) is 20.3 Å². The van der Waals surface area contributed by atoms with Crippen LogP contribution in [-0.4, -0.2) is 39.2 Å². The average molecular weight is 222 g/mol. The average Bonchev–Trinajstić information content (AvgIpc) is 2.13. The van der Waals surface area contributed by atoms with Gasteiger partial charge in [-0.3, -0.25) is 9.11 Å². The normalized spacial score (nSPS) is 37.0. The molecule has 0 radical (unpaired) electrons. The van der Waals surface area contributed by atoms with Crippen molar-refractivity contribution in [3.63, 3.8) is 0 Å². The highest BCUT2D eigenvalue weighted by Gasteiger charge is 2.28. The van der Waals surface area contributed by atoms with Crippen LogP contribution in [0.5, 0.6) is 0 Å². The van der Waals surface area contributed by atoms with E-state index in [9.17, 15) is 4.21 Å². The van der Waals surface area contributed by atoms with Crippen molar-refractivity contribution in [3.05, 3.63) is 11.6 Å². The summed E-state index contributed by atoms with van der Waals surface area (Å²) < 4.78 is 11.5. The summed E-state index contributed by atoms with van der Waals surface area (Å²) in [4.78, 5) is 2.31. The van der Waals surface area contributed by atoms with Gasteiger partial charge in [0, 0.05) is 46.5 Å². The summed E-state index contributed by atoms with van der Waals surface area (Å²) in [6.07, 6.45) is 1.93. The molecule has 1 aliphatic rings. The molecule has 0 aliphatic carbocycles. The molecule has 2 nitrogen and oxygen atoms in total. The second kappa shape index (κ2) is 5.13. The molecule has 1 aliphatic heterocycles. The van der Waals surface area contributed by atoms with Gasteiger partial charge in [-0.05, 0) is 13.8 Å². The Labute approximate surface area is 87.4 Å². The van der Waals surface area contributed by atoms with Gasteiger partial charge in [0.05, 0.1) is 0 Å². The standard InChI is InChI=1S/C9H16ClNOS/c1-8-9(2)13(12)7-6-11(8)5-3-4-10/h3-4,8-9H,5-7H2,1-2H3/b4-3+. The SMILES string of the molecule is CC1C(C)S(=O)CCN1C/C=C/Cl. The molecular weight excluding hydrogens is 206 g/mol. The first-order chi connectivity index (χ1) is 6.16. The zero-order valence-electron chi connectivity index (χ0n) is 8.07. The maximum Gasteiger partial charge on any atom is 0.0473 e. The Hall–Kier alpha value is 0.140. The van der Waals surface area contributed by atoms with Crippen LogP contribution in [0.3, 0.4) is 0 Å². The van der Waals surface area contributed by atoms with E-state index in [2.05, 4.69) is 18.7 Å². The third kappa shape index (κ3) is 2.79. The molecule has 1 rings (SSSR count). The zero-order chi connectivity index (χ0) is 9.84. The van der Waals surface area contributed by atoms with Gasteiger partial charge in [-0.25, -0.2) is 0 Å². The van der Waals surface area contributed by atoms with E-state index in [4.69, 9.17) is 11.6 Å². The largest absolute Gasteiger partial charge is 0.295 e. The fraction of sp³-hybridized carbons (Fsp3) is 0.778. The maximum absolute atomic E-state index is 11.5. The Morgan fingerprint density at radius 3 is 2.92 bits per heavy atom. The van der Waals surface area contributed by atoms with Crippen LogP contribution in [0.4, 0.5) is 0 Å². The lowest BCUT2D eigenvalue weighted by atomic mass is 10.2. The van der Waals surface area contributed by atoms with Crippen molar-refractivity contribution in [3.8, 4) is 0 Å². The Morgan fingerprint density at radius 1 is 1.62 bits per heavy atom. The molecule has 0 aromatic rings. The van der Waals surface area contributed by atoms with E-state index in [0.29, 0.717) is 6.04 Å². The number of rotatable bonds is 2. The molecule has 0 aromatic carbocycles. The third-order valence-electron chi connectivity index (χ3n) is 2.68. The number of nitrogens with zero attached hydrogens (tertiary/aromatic N) is 1. The van der Waals surface area contributed by atoms with Gasteiger partial charge in [0.25, 0.3) is 0 Å². The van der Waals surface area contributed by atoms with Gasteiger partial charge in [0.2, 0.25) is 0 Å². The molecule has 1 saturated heterocycles. The van der Waals surface area contributed by atoms with Crippen molar-refractivity contribution in [1.82, 2.24) is 4.90 Å². The highest BCUT2D eigenvalue weighted by molar-refractivity contribution is 7.85. The molecule has 0 bridgehead atoms. The van der Waals surface area contributed by atoms with E-state index in [0.717, 1.165) is 18.8 Å². The van der Waals surface area contributed by atoms with Crippen LogP contribution in [-0.2, 0) is 10.8 Å². The first kappa shape index (κ1) is 11.2. The van der Waals surface area contributed by atoms with Crippen LogP contribution in [0.1, 0.15) is 13.8 Å².